The van der Waals surface area contributed by atoms with E-state index in [1.807, 2.05) is 18.2 Å². The van der Waals surface area contributed by atoms with Crippen LogP contribution in [-0.2, 0) is 6.42 Å². The maximum absolute atomic E-state index is 10.4. The van der Waals surface area contributed by atoms with Gasteiger partial charge in [0.15, 0.2) is 0 Å². The van der Waals surface area contributed by atoms with Crippen molar-refractivity contribution in [2.75, 3.05) is 12.3 Å². The minimum atomic E-state index is -0.747. The molecule has 2 aromatic carbocycles. The van der Waals surface area contributed by atoms with Gasteiger partial charge in [-0.15, -0.1) is 0 Å². The van der Waals surface area contributed by atoms with E-state index in [0.717, 1.165) is 23.3 Å². The number of fused-ring (bicyclic) bond motifs is 1. The van der Waals surface area contributed by atoms with Crippen LogP contribution < -0.4 is 10.5 Å². The fourth-order valence-corrected chi connectivity index (χ4v) is 2.53. The molecule has 1 heterocycles. The molecule has 1 aliphatic heterocycles. The molecule has 0 radical (unpaired) electrons. The standard InChI is InChI=1S/C15H14ClNO2/c16-11-2-3-12(13(17)8-11)15(18)10-1-4-14-9(7-10)5-6-19-14/h1-4,7-8,15,18H,5-6,17H2. The predicted molar refractivity (Wildman–Crippen MR) is 75.6 cm³/mol. The highest BCUT2D eigenvalue weighted by atomic mass is 35.5. The Balaban J connectivity index is 1.97. The number of aliphatic hydroxyl groups excluding tert-OH is 1. The van der Waals surface area contributed by atoms with Crippen LogP contribution in [-0.4, -0.2) is 11.7 Å². The van der Waals surface area contributed by atoms with E-state index >= 15 is 0 Å². The summed E-state index contributed by atoms with van der Waals surface area (Å²) in [4.78, 5) is 0. The number of ether oxygens (including phenoxy) is 1. The van der Waals surface area contributed by atoms with Gasteiger partial charge in [0, 0.05) is 22.7 Å². The van der Waals surface area contributed by atoms with Crippen LogP contribution in [0.15, 0.2) is 36.4 Å². The Hall–Kier alpha value is -1.71. The second-order valence-electron chi connectivity index (χ2n) is 4.64. The summed E-state index contributed by atoms with van der Waals surface area (Å²) in [5, 5.41) is 11.0. The lowest BCUT2D eigenvalue weighted by Gasteiger charge is -2.15. The quantitative estimate of drug-likeness (QED) is 0.829. The maximum atomic E-state index is 10.4. The zero-order valence-corrected chi connectivity index (χ0v) is 11.0. The predicted octanol–water partition coefficient (Wildman–Crippen LogP) is 2.94. The molecule has 3 nitrogen and oxygen atoms in total. The first-order valence-corrected chi connectivity index (χ1v) is 6.51. The molecule has 0 aliphatic carbocycles. The molecule has 98 valence electrons. The summed E-state index contributed by atoms with van der Waals surface area (Å²) in [6, 6.07) is 10.9. The largest absolute Gasteiger partial charge is 0.493 e. The van der Waals surface area contributed by atoms with E-state index in [9.17, 15) is 5.11 Å². The SMILES string of the molecule is Nc1cc(Cl)ccc1C(O)c1ccc2c(c1)CCO2. The van der Waals surface area contributed by atoms with Crippen LogP contribution in [0.5, 0.6) is 5.75 Å². The Labute approximate surface area is 116 Å². The average molecular weight is 276 g/mol. The van der Waals surface area contributed by atoms with Crippen LogP contribution in [0.2, 0.25) is 5.02 Å². The minimum absolute atomic E-state index is 0.497. The van der Waals surface area contributed by atoms with Crippen molar-refractivity contribution in [3.63, 3.8) is 0 Å². The fourth-order valence-electron chi connectivity index (χ4n) is 2.35. The summed E-state index contributed by atoms with van der Waals surface area (Å²) in [5.74, 6) is 0.903. The third-order valence-corrected chi connectivity index (χ3v) is 3.61. The van der Waals surface area contributed by atoms with E-state index < -0.39 is 6.10 Å². The first-order valence-electron chi connectivity index (χ1n) is 6.14. The molecule has 0 amide bonds. The van der Waals surface area contributed by atoms with Gasteiger partial charge in [0.2, 0.25) is 0 Å². The Morgan fingerprint density at radius 3 is 2.84 bits per heavy atom. The average Bonchev–Trinajstić information content (AvgIpc) is 2.85. The van der Waals surface area contributed by atoms with Crippen molar-refractivity contribution in [1.29, 1.82) is 0 Å². The van der Waals surface area contributed by atoms with Crippen molar-refractivity contribution in [1.82, 2.24) is 0 Å². The number of benzene rings is 2. The Bertz CT molecular complexity index is 628. The van der Waals surface area contributed by atoms with Gasteiger partial charge in [0.25, 0.3) is 0 Å². The third-order valence-electron chi connectivity index (χ3n) is 3.37. The smallest absolute Gasteiger partial charge is 0.122 e. The summed E-state index contributed by atoms with van der Waals surface area (Å²) in [5.41, 5.74) is 9.02. The van der Waals surface area contributed by atoms with E-state index in [-0.39, 0.29) is 0 Å². The van der Waals surface area contributed by atoms with Crippen molar-refractivity contribution >= 4 is 17.3 Å². The summed E-state index contributed by atoms with van der Waals surface area (Å²) < 4.78 is 5.45. The van der Waals surface area contributed by atoms with Gasteiger partial charge in [-0.05, 0) is 35.4 Å². The number of nitrogen functional groups attached to an aromatic ring is 1. The molecule has 2 aromatic rings. The molecular formula is C15H14ClNO2. The van der Waals surface area contributed by atoms with Gasteiger partial charge in [-0.1, -0.05) is 23.7 Å². The molecule has 1 atom stereocenters. The maximum Gasteiger partial charge on any atom is 0.122 e. The lowest BCUT2D eigenvalue weighted by atomic mass is 9.98. The van der Waals surface area contributed by atoms with Crippen molar-refractivity contribution in [2.24, 2.45) is 0 Å². The molecule has 19 heavy (non-hydrogen) atoms. The molecule has 0 bridgehead atoms. The molecule has 1 aliphatic rings. The number of halogens is 1. The summed E-state index contributed by atoms with van der Waals surface area (Å²) in [6.45, 7) is 0.706. The molecule has 3 N–H and O–H groups in total. The number of rotatable bonds is 2. The van der Waals surface area contributed by atoms with Crippen molar-refractivity contribution < 1.29 is 9.84 Å². The minimum Gasteiger partial charge on any atom is -0.493 e. The normalized spacial score (nSPS) is 14.8. The highest BCUT2D eigenvalue weighted by molar-refractivity contribution is 6.30. The molecule has 0 fully saturated rings. The van der Waals surface area contributed by atoms with E-state index in [2.05, 4.69) is 0 Å². The van der Waals surface area contributed by atoms with Crippen LogP contribution in [0.25, 0.3) is 0 Å². The topological polar surface area (TPSA) is 55.5 Å². The van der Waals surface area contributed by atoms with Crippen LogP contribution in [0.1, 0.15) is 22.8 Å². The first kappa shape index (κ1) is 12.3. The van der Waals surface area contributed by atoms with Gasteiger partial charge in [-0.2, -0.15) is 0 Å². The Kier molecular flexibility index (Phi) is 3.09. The van der Waals surface area contributed by atoms with E-state index in [1.165, 1.54) is 0 Å². The third kappa shape index (κ3) is 2.27. The van der Waals surface area contributed by atoms with Gasteiger partial charge in [-0.3, -0.25) is 0 Å². The highest BCUT2D eigenvalue weighted by Gasteiger charge is 2.18. The molecule has 0 aromatic heterocycles. The van der Waals surface area contributed by atoms with Gasteiger partial charge in [-0.25, -0.2) is 0 Å². The Morgan fingerprint density at radius 2 is 2.05 bits per heavy atom. The zero-order chi connectivity index (χ0) is 13.4. The Morgan fingerprint density at radius 1 is 1.21 bits per heavy atom. The number of hydrogen-bond donors (Lipinski definition) is 2. The molecular weight excluding hydrogens is 262 g/mol. The fraction of sp³-hybridized carbons (Fsp3) is 0.200. The van der Waals surface area contributed by atoms with E-state index in [1.54, 1.807) is 18.2 Å². The second kappa shape index (κ2) is 4.76. The summed E-state index contributed by atoms with van der Waals surface area (Å²) >= 11 is 5.87. The van der Waals surface area contributed by atoms with Crippen LogP contribution in [0.4, 0.5) is 5.69 Å². The van der Waals surface area contributed by atoms with Crippen LogP contribution in [0, 0.1) is 0 Å². The van der Waals surface area contributed by atoms with Crippen molar-refractivity contribution in [3.05, 3.63) is 58.1 Å². The number of hydrogen-bond acceptors (Lipinski definition) is 3. The van der Waals surface area contributed by atoms with Crippen molar-refractivity contribution in [3.8, 4) is 5.75 Å². The lowest BCUT2D eigenvalue weighted by molar-refractivity contribution is 0.221. The van der Waals surface area contributed by atoms with Gasteiger partial charge >= 0.3 is 0 Å². The molecule has 4 heteroatoms. The van der Waals surface area contributed by atoms with Gasteiger partial charge in [0.1, 0.15) is 11.9 Å². The van der Waals surface area contributed by atoms with E-state index in [4.69, 9.17) is 22.1 Å². The number of aliphatic hydroxyl groups is 1. The highest BCUT2D eigenvalue weighted by Crippen LogP contribution is 2.33. The lowest BCUT2D eigenvalue weighted by Crippen LogP contribution is -2.04. The summed E-state index contributed by atoms with van der Waals surface area (Å²) in [7, 11) is 0. The monoisotopic (exact) mass is 275 g/mol. The van der Waals surface area contributed by atoms with Gasteiger partial charge < -0.3 is 15.6 Å². The zero-order valence-electron chi connectivity index (χ0n) is 10.3. The second-order valence-corrected chi connectivity index (χ2v) is 5.08. The molecule has 0 saturated heterocycles. The molecule has 3 rings (SSSR count). The summed E-state index contributed by atoms with van der Waals surface area (Å²) in [6.07, 6.45) is 0.134. The van der Waals surface area contributed by atoms with E-state index in [0.29, 0.717) is 22.9 Å². The van der Waals surface area contributed by atoms with Crippen LogP contribution >= 0.6 is 11.6 Å². The van der Waals surface area contributed by atoms with Crippen molar-refractivity contribution in [2.45, 2.75) is 12.5 Å². The molecule has 0 spiro atoms. The number of nitrogens with two attached hydrogens (primary N) is 1. The molecule has 0 saturated carbocycles. The van der Waals surface area contributed by atoms with Gasteiger partial charge in [0.05, 0.1) is 6.61 Å². The first-order chi connectivity index (χ1) is 9.15. The van der Waals surface area contributed by atoms with Crippen LogP contribution in [0.3, 0.4) is 0 Å². The number of anilines is 1. The molecule has 1 unspecified atom stereocenters.